The highest BCUT2D eigenvalue weighted by Crippen LogP contribution is 2.25. The summed E-state index contributed by atoms with van der Waals surface area (Å²) in [4.78, 5) is 24.0. The molecule has 0 radical (unpaired) electrons. The van der Waals surface area contributed by atoms with E-state index in [1.165, 1.54) is 0 Å². The van der Waals surface area contributed by atoms with Crippen LogP contribution < -0.4 is 0 Å². The summed E-state index contributed by atoms with van der Waals surface area (Å²) in [5.74, 6) is -1.57. The summed E-state index contributed by atoms with van der Waals surface area (Å²) in [6, 6.07) is 0. The van der Waals surface area contributed by atoms with Gasteiger partial charge in [0.15, 0.2) is 6.29 Å². The number of ether oxygens (including phenoxy) is 3. The van der Waals surface area contributed by atoms with E-state index in [2.05, 4.69) is 13.8 Å². The highest BCUT2D eigenvalue weighted by atomic mass is 16.7. The van der Waals surface area contributed by atoms with Crippen molar-refractivity contribution in [3.63, 3.8) is 0 Å². The summed E-state index contributed by atoms with van der Waals surface area (Å²) in [6.07, 6.45) is 3.42. The SMILES string of the molecule is CCCCCCC[C@@H](CC(=O)O)OC(=O)C[C@H](CCCCCCC)O[C@@H]1O[C@@H](C)[C@H](O)[C@@H](O)[C@H]1O. The van der Waals surface area contributed by atoms with Gasteiger partial charge in [0.05, 0.1) is 25.0 Å². The number of carbonyl (C=O) groups excluding carboxylic acids is 1. The van der Waals surface area contributed by atoms with E-state index in [1.807, 2.05) is 0 Å². The lowest BCUT2D eigenvalue weighted by Gasteiger charge is -2.40. The van der Waals surface area contributed by atoms with Gasteiger partial charge in [0.25, 0.3) is 0 Å². The number of aliphatic hydroxyl groups is 3. The molecule has 9 nitrogen and oxygen atoms in total. The van der Waals surface area contributed by atoms with Crippen LogP contribution >= 0.6 is 0 Å². The maximum absolute atomic E-state index is 12.7. The Balaban J connectivity index is 2.72. The van der Waals surface area contributed by atoms with E-state index in [0.29, 0.717) is 12.8 Å². The number of hydrogen-bond acceptors (Lipinski definition) is 8. The quantitative estimate of drug-likeness (QED) is 0.153. The molecule has 1 rings (SSSR count). The molecule has 0 aromatic heterocycles. The topological polar surface area (TPSA) is 143 Å². The number of rotatable bonds is 19. The zero-order valence-electron chi connectivity index (χ0n) is 21.8. The van der Waals surface area contributed by atoms with Crippen molar-refractivity contribution in [2.45, 2.75) is 154 Å². The lowest BCUT2D eigenvalue weighted by Crippen LogP contribution is -2.58. The van der Waals surface area contributed by atoms with E-state index in [9.17, 15) is 30.0 Å². The number of aliphatic carboxylic acids is 1. The third kappa shape index (κ3) is 13.0. The van der Waals surface area contributed by atoms with Crippen LogP contribution in [-0.4, -0.2) is 75.3 Å². The first kappa shape index (κ1) is 31.8. The van der Waals surface area contributed by atoms with Gasteiger partial charge in [-0.25, -0.2) is 0 Å². The maximum atomic E-state index is 12.7. The molecule has 1 aliphatic rings. The normalized spacial score (nSPS) is 26.3. The monoisotopic (exact) mass is 504 g/mol. The van der Waals surface area contributed by atoms with Gasteiger partial charge in [-0.2, -0.15) is 0 Å². The van der Waals surface area contributed by atoms with Gasteiger partial charge in [0.1, 0.15) is 24.4 Å². The highest BCUT2D eigenvalue weighted by Gasteiger charge is 2.43. The van der Waals surface area contributed by atoms with E-state index in [0.717, 1.165) is 64.2 Å². The van der Waals surface area contributed by atoms with Gasteiger partial charge in [-0.3, -0.25) is 9.59 Å². The molecule has 1 saturated heterocycles. The molecule has 0 aromatic carbocycles. The third-order valence-electron chi connectivity index (χ3n) is 6.49. The minimum Gasteiger partial charge on any atom is -0.481 e. The molecule has 4 N–H and O–H groups in total. The minimum atomic E-state index is -1.46. The van der Waals surface area contributed by atoms with Crippen LogP contribution in [0.3, 0.4) is 0 Å². The van der Waals surface area contributed by atoms with Crippen molar-refractivity contribution in [1.82, 2.24) is 0 Å². The van der Waals surface area contributed by atoms with E-state index in [-0.39, 0.29) is 12.8 Å². The van der Waals surface area contributed by atoms with Crippen LogP contribution in [0.15, 0.2) is 0 Å². The van der Waals surface area contributed by atoms with Crippen molar-refractivity contribution < 1.29 is 44.2 Å². The Hall–Kier alpha value is -1.26. The second-order valence-electron chi connectivity index (χ2n) is 9.76. The molecular weight excluding hydrogens is 456 g/mol. The Morgan fingerprint density at radius 2 is 1.31 bits per heavy atom. The second kappa shape index (κ2) is 18.1. The van der Waals surface area contributed by atoms with E-state index in [1.54, 1.807) is 6.92 Å². The molecule has 0 bridgehead atoms. The van der Waals surface area contributed by atoms with Crippen LogP contribution in [0.5, 0.6) is 0 Å². The van der Waals surface area contributed by atoms with Gasteiger partial charge >= 0.3 is 11.9 Å². The Bertz CT molecular complexity index is 585. The first-order valence-electron chi connectivity index (χ1n) is 13.5. The van der Waals surface area contributed by atoms with Gasteiger partial charge in [-0.05, 0) is 26.2 Å². The van der Waals surface area contributed by atoms with Crippen LogP contribution in [0.25, 0.3) is 0 Å². The summed E-state index contributed by atoms with van der Waals surface area (Å²) in [6.45, 7) is 5.82. The van der Waals surface area contributed by atoms with Crippen LogP contribution in [0.1, 0.15) is 111 Å². The second-order valence-corrected chi connectivity index (χ2v) is 9.76. The smallest absolute Gasteiger partial charge is 0.308 e. The molecule has 0 unspecified atom stereocenters. The zero-order chi connectivity index (χ0) is 26.2. The fourth-order valence-corrected chi connectivity index (χ4v) is 4.30. The number of hydrogen-bond donors (Lipinski definition) is 4. The van der Waals surface area contributed by atoms with Crippen molar-refractivity contribution in [3.8, 4) is 0 Å². The number of carboxylic acids is 1. The standard InChI is InChI=1S/C26H48O9/c1-4-6-8-10-12-14-19(16-21(27)28)34-22(29)17-20(15-13-11-9-7-5-2)35-26-25(32)24(31)23(30)18(3)33-26/h18-20,23-26,30-32H,4-17H2,1-3H3,(H,27,28)/t18-,19-,20-,23-,24+,25+,26-/m0/s1. The van der Waals surface area contributed by atoms with Gasteiger partial charge in [-0.15, -0.1) is 0 Å². The Morgan fingerprint density at radius 3 is 1.86 bits per heavy atom. The Morgan fingerprint density at radius 1 is 0.771 bits per heavy atom. The van der Waals surface area contributed by atoms with Gasteiger partial charge < -0.3 is 34.6 Å². The molecule has 35 heavy (non-hydrogen) atoms. The predicted molar refractivity (Wildman–Crippen MR) is 131 cm³/mol. The average Bonchev–Trinajstić information content (AvgIpc) is 2.80. The largest absolute Gasteiger partial charge is 0.481 e. The minimum absolute atomic E-state index is 0.112. The molecule has 1 heterocycles. The summed E-state index contributed by atoms with van der Waals surface area (Å²) in [7, 11) is 0. The fraction of sp³-hybridized carbons (Fsp3) is 0.923. The van der Waals surface area contributed by atoms with Crippen molar-refractivity contribution in [2.75, 3.05) is 0 Å². The zero-order valence-corrected chi connectivity index (χ0v) is 21.8. The predicted octanol–water partition coefficient (Wildman–Crippen LogP) is 3.70. The Kier molecular flexibility index (Phi) is 16.4. The van der Waals surface area contributed by atoms with Crippen molar-refractivity contribution >= 4 is 11.9 Å². The molecule has 7 atom stereocenters. The molecule has 9 heteroatoms. The molecule has 0 saturated carbocycles. The third-order valence-corrected chi connectivity index (χ3v) is 6.49. The highest BCUT2D eigenvalue weighted by molar-refractivity contribution is 5.72. The maximum Gasteiger partial charge on any atom is 0.308 e. The van der Waals surface area contributed by atoms with Crippen LogP contribution in [-0.2, 0) is 23.8 Å². The summed E-state index contributed by atoms with van der Waals surface area (Å²) >= 11 is 0. The van der Waals surface area contributed by atoms with Crippen LogP contribution in [0, 0.1) is 0 Å². The van der Waals surface area contributed by atoms with Gasteiger partial charge in [0.2, 0.25) is 0 Å². The van der Waals surface area contributed by atoms with E-state index < -0.39 is 54.9 Å². The lowest BCUT2D eigenvalue weighted by atomic mass is 9.99. The molecule has 0 spiro atoms. The van der Waals surface area contributed by atoms with Crippen molar-refractivity contribution in [3.05, 3.63) is 0 Å². The first-order valence-corrected chi connectivity index (χ1v) is 13.5. The fourth-order valence-electron chi connectivity index (χ4n) is 4.30. The summed E-state index contributed by atoms with van der Waals surface area (Å²) < 4.78 is 17.0. The molecule has 0 aliphatic carbocycles. The van der Waals surface area contributed by atoms with E-state index >= 15 is 0 Å². The molecule has 1 fully saturated rings. The van der Waals surface area contributed by atoms with Gasteiger partial charge in [-0.1, -0.05) is 71.6 Å². The van der Waals surface area contributed by atoms with Crippen LogP contribution in [0.2, 0.25) is 0 Å². The van der Waals surface area contributed by atoms with E-state index in [4.69, 9.17) is 14.2 Å². The summed E-state index contributed by atoms with van der Waals surface area (Å²) in [5.41, 5.74) is 0. The van der Waals surface area contributed by atoms with Crippen molar-refractivity contribution in [1.29, 1.82) is 0 Å². The number of esters is 1. The van der Waals surface area contributed by atoms with Crippen molar-refractivity contribution in [2.24, 2.45) is 0 Å². The average molecular weight is 505 g/mol. The summed E-state index contributed by atoms with van der Waals surface area (Å²) in [5, 5.41) is 39.5. The molecule has 0 aromatic rings. The molecular formula is C26H48O9. The molecule has 0 amide bonds. The number of carboxylic acid groups (broad SMARTS) is 1. The van der Waals surface area contributed by atoms with Crippen LogP contribution in [0.4, 0.5) is 0 Å². The number of aliphatic hydroxyl groups excluding tert-OH is 3. The Labute approximate surface area is 210 Å². The van der Waals surface area contributed by atoms with Gasteiger partial charge in [0, 0.05) is 0 Å². The number of carbonyl (C=O) groups is 2. The lowest BCUT2D eigenvalue weighted by molar-refractivity contribution is -0.304. The number of unbranched alkanes of at least 4 members (excludes halogenated alkanes) is 8. The molecule has 206 valence electrons. The molecule has 1 aliphatic heterocycles. The first-order chi connectivity index (χ1) is 16.7.